The summed E-state index contributed by atoms with van der Waals surface area (Å²) in [6, 6.07) is 0. The third-order valence-electron chi connectivity index (χ3n) is 0.315. The molecular weight excluding hydrogens is 250 g/mol. The van der Waals surface area contributed by atoms with Gasteiger partial charge in [-0.15, -0.1) is 7.05 Å². The summed E-state index contributed by atoms with van der Waals surface area (Å²) in [5.41, 5.74) is 0. The molecule has 0 heterocycles. The summed E-state index contributed by atoms with van der Waals surface area (Å²) in [6.45, 7) is 1.42. The maximum Gasteiger partial charge on any atom is 2.00 e. The van der Waals surface area contributed by atoms with Crippen LogP contribution in [-0.2, 0) is 25.9 Å². The summed E-state index contributed by atoms with van der Waals surface area (Å²) in [7, 11) is 1.47. The van der Waals surface area contributed by atoms with E-state index in [9.17, 15) is 4.79 Å². The predicted octanol–water partition coefficient (Wildman–Crippen LogP) is 0.534. The van der Waals surface area contributed by atoms with E-state index in [1.165, 1.54) is 14.0 Å². The van der Waals surface area contributed by atoms with Crippen LogP contribution < -0.4 is 0 Å². The van der Waals surface area contributed by atoms with Gasteiger partial charge in [0.1, 0.15) is 0 Å². The van der Waals surface area contributed by atoms with Gasteiger partial charge < -0.3 is 10.1 Å². The van der Waals surface area contributed by atoms with E-state index >= 15 is 0 Å². The molecule has 3 heteroatoms. The largest absolute Gasteiger partial charge is 2.00 e. The standard InChI is InChI=1S/C3H7NO.W/c1-3(5)4-2;/h1-2H3,(H,4,5);/q;+2/p-1. The Morgan fingerprint density at radius 2 is 1.83 bits per heavy atom. The first-order chi connectivity index (χ1) is 2.27. The van der Waals surface area contributed by atoms with E-state index in [2.05, 4.69) is 5.32 Å². The van der Waals surface area contributed by atoms with Gasteiger partial charge in [-0.2, -0.15) is 0 Å². The summed E-state index contributed by atoms with van der Waals surface area (Å²) >= 11 is 0. The van der Waals surface area contributed by atoms with Crippen molar-refractivity contribution in [1.29, 1.82) is 0 Å². The van der Waals surface area contributed by atoms with Crippen molar-refractivity contribution in [2.45, 2.75) is 6.92 Å². The monoisotopic (exact) mass is 256 g/mol. The quantitative estimate of drug-likeness (QED) is 0.622. The van der Waals surface area contributed by atoms with Crippen molar-refractivity contribution >= 4 is 5.91 Å². The van der Waals surface area contributed by atoms with Crippen LogP contribution >= 0.6 is 0 Å². The number of rotatable bonds is 0. The average molecular weight is 256 g/mol. The van der Waals surface area contributed by atoms with E-state index in [-0.39, 0.29) is 27.0 Å². The van der Waals surface area contributed by atoms with Gasteiger partial charge in [-0.25, -0.2) is 0 Å². The minimum Gasteiger partial charge on any atom is -0.656 e. The van der Waals surface area contributed by atoms with E-state index < -0.39 is 0 Å². The van der Waals surface area contributed by atoms with Crippen LogP contribution in [0.15, 0.2) is 0 Å². The van der Waals surface area contributed by atoms with Gasteiger partial charge in [-0.05, 0) is 6.92 Å². The van der Waals surface area contributed by atoms with Crippen molar-refractivity contribution in [2.24, 2.45) is 0 Å². The Balaban J connectivity index is 0. The molecule has 0 atom stereocenters. The molecule has 2 nitrogen and oxygen atoms in total. The fourth-order valence-corrected chi connectivity index (χ4v) is 0. The first-order valence-electron chi connectivity index (χ1n) is 1.37. The topological polar surface area (TPSA) is 31.2 Å². The van der Waals surface area contributed by atoms with E-state index in [1.807, 2.05) is 0 Å². The van der Waals surface area contributed by atoms with E-state index in [0.29, 0.717) is 0 Å². The fourth-order valence-electron chi connectivity index (χ4n) is 0. The van der Waals surface area contributed by atoms with Crippen molar-refractivity contribution in [2.75, 3.05) is 7.05 Å². The Morgan fingerprint density at radius 1 is 1.67 bits per heavy atom. The second-order valence-corrected chi connectivity index (χ2v) is 0.743. The number of carbonyl (C=O) groups is 1. The van der Waals surface area contributed by atoms with E-state index in [1.54, 1.807) is 0 Å². The van der Waals surface area contributed by atoms with Crippen LogP contribution in [-0.4, -0.2) is 13.0 Å². The van der Waals surface area contributed by atoms with Crippen molar-refractivity contribution < 1.29 is 25.9 Å². The number of hydrogen-bond donors (Lipinski definition) is 0. The Labute approximate surface area is 51.6 Å². The van der Waals surface area contributed by atoms with E-state index in [4.69, 9.17) is 0 Å². The Hall–Kier alpha value is 0.158. The molecule has 0 rings (SSSR count). The van der Waals surface area contributed by atoms with Gasteiger partial charge in [0.25, 0.3) is 0 Å². The number of nitrogens with zero attached hydrogens (tertiary/aromatic N) is 1. The zero-order valence-electron chi connectivity index (χ0n) is 3.76. The van der Waals surface area contributed by atoms with E-state index in [0.717, 1.165) is 0 Å². The summed E-state index contributed by atoms with van der Waals surface area (Å²) in [6.07, 6.45) is 0. The average Bonchev–Trinajstić information content (AvgIpc) is 1.38. The molecule has 0 aliphatic heterocycles. The summed E-state index contributed by atoms with van der Waals surface area (Å²) in [5.74, 6) is -0.120. The van der Waals surface area contributed by atoms with Crippen molar-refractivity contribution in [3.05, 3.63) is 5.32 Å². The van der Waals surface area contributed by atoms with Crippen LogP contribution in [0.25, 0.3) is 5.32 Å². The van der Waals surface area contributed by atoms with Gasteiger partial charge >= 0.3 is 21.1 Å². The molecule has 0 spiro atoms. The smallest absolute Gasteiger partial charge is 0.656 e. The Bertz CT molecular complexity index is 46.1. The molecule has 0 aliphatic carbocycles. The fraction of sp³-hybridized carbons (Fsp3) is 0.667. The molecule has 34 valence electrons. The van der Waals surface area contributed by atoms with Gasteiger partial charge in [-0.1, -0.05) is 0 Å². The Morgan fingerprint density at radius 3 is 1.83 bits per heavy atom. The third kappa shape index (κ3) is 8.90. The van der Waals surface area contributed by atoms with Crippen LogP contribution in [0, 0.1) is 0 Å². The SMILES string of the molecule is C[N-]C(C)=O.[W+2]. The minimum absolute atomic E-state index is 0. The molecule has 0 bridgehead atoms. The zero-order valence-corrected chi connectivity index (χ0v) is 6.70. The number of hydrogen-bond acceptors (Lipinski definition) is 1. The number of amides is 1. The third-order valence-corrected chi connectivity index (χ3v) is 0.315. The van der Waals surface area contributed by atoms with Crippen molar-refractivity contribution in [3.63, 3.8) is 0 Å². The summed E-state index contributed by atoms with van der Waals surface area (Å²) in [4.78, 5) is 9.65. The molecule has 0 N–H and O–H groups in total. The van der Waals surface area contributed by atoms with Crippen LogP contribution in [0.5, 0.6) is 0 Å². The first kappa shape index (κ1) is 9.48. The summed E-state index contributed by atoms with van der Waals surface area (Å²) in [5, 5.41) is 3.25. The normalized spacial score (nSPS) is 5.67. The minimum atomic E-state index is -0.120. The molecular formula is C3H6NOW+. The molecule has 1 amide bonds. The van der Waals surface area contributed by atoms with Crippen LogP contribution in [0.3, 0.4) is 0 Å². The summed E-state index contributed by atoms with van der Waals surface area (Å²) < 4.78 is 0. The van der Waals surface area contributed by atoms with Crippen molar-refractivity contribution in [1.82, 2.24) is 0 Å². The van der Waals surface area contributed by atoms with Crippen LogP contribution in [0.1, 0.15) is 6.92 Å². The van der Waals surface area contributed by atoms with Crippen LogP contribution in [0.4, 0.5) is 0 Å². The first-order valence-corrected chi connectivity index (χ1v) is 1.37. The maximum atomic E-state index is 9.65. The molecule has 6 heavy (non-hydrogen) atoms. The van der Waals surface area contributed by atoms with Crippen LogP contribution in [0.2, 0.25) is 0 Å². The van der Waals surface area contributed by atoms with Gasteiger partial charge in [0.15, 0.2) is 0 Å². The molecule has 0 saturated carbocycles. The van der Waals surface area contributed by atoms with Gasteiger partial charge in [0, 0.05) is 5.91 Å². The second kappa shape index (κ2) is 5.16. The zero-order chi connectivity index (χ0) is 4.28. The molecule has 0 unspecified atom stereocenters. The molecule has 0 aromatic heterocycles. The van der Waals surface area contributed by atoms with Gasteiger partial charge in [-0.3, -0.25) is 0 Å². The maximum absolute atomic E-state index is 9.65. The molecule has 0 aromatic carbocycles. The van der Waals surface area contributed by atoms with Gasteiger partial charge in [0.05, 0.1) is 0 Å². The molecule has 0 saturated heterocycles. The van der Waals surface area contributed by atoms with Crippen molar-refractivity contribution in [3.8, 4) is 0 Å². The number of carbonyl (C=O) groups excluding carboxylic acids is 1. The predicted molar refractivity (Wildman–Crippen MR) is 20.0 cm³/mol. The molecule has 0 radical (unpaired) electrons. The molecule has 0 aliphatic rings. The Kier molecular flexibility index (Phi) is 8.15. The second-order valence-electron chi connectivity index (χ2n) is 0.743. The van der Waals surface area contributed by atoms with Gasteiger partial charge in [0.2, 0.25) is 0 Å². The molecule has 0 aromatic rings. The molecule has 0 fully saturated rings.